The van der Waals surface area contributed by atoms with Gasteiger partial charge in [-0.2, -0.15) is 0 Å². The van der Waals surface area contributed by atoms with Gasteiger partial charge in [-0.05, 0) is 115 Å². The van der Waals surface area contributed by atoms with Crippen LogP contribution in [0.2, 0.25) is 0 Å². The van der Waals surface area contributed by atoms with E-state index in [9.17, 15) is 0 Å². The average Bonchev–Trinajstić information content (AvgIpc) is 3.35. The Balaban J connectivity index is 1.86. The summed E-state index contributed by atoms with van der Waals surface area (Å²) in [5, 5.41) is 3.90. The molecule has 0 saturated heterocycles. The second kappa shape index (κ2) is 10.2. The first kappa shape index (κ1) is 23.5. The van der Waals surface area contributed by atoms with Gasteiger partial charge in [-0.1, -0.05) is 79.9 Å². The maximum absolute atomic E-state index is 2.42. The Kier molecular flexibility index (Phi) is 7.05. The van der Waals surface area contributed by atoms with E-state index < -0.39 is 7.92 Å². The molecule has 0 N–H and O–H groups in total. The van der Waals surface area contributed by atoms with E-state index >= 15 is 0 Å². The van der Waals surface area contributed by atoms with E-state index in [-0.39, 0.29) is 0 Å². The number of rotatable bonds is 5. The minimum absolute atomic E-state index is 0.452. The molecular weight excluding hydrogens is 447 g/mol. The first-order valence-corrected chi connectivity index (χ1v) is 14.9. The Morgan fingerprint density at radius 2 is 1.12 bits per heavy atom. The van der Waals surface area contributed by atoms with E-state index in [1.807, 2.05) is 11.3 Å². The minimum atomic E-state index is -0.452. The molecule has 34 heavy (non-hydrogen) atoms. The lowest BCUT2D eigenvalue weighted by Gasteiger charge is -2.34. The first-order chi connectivity index (χ1) is 16.6. The van der Waals surface area contributed by atoms with Crippen molar-refractivity contribution >= 4 is 29.2 Å². The third-order valence-corrected chi connectivity index (χ3v) is 11.9. The van der Waals surface area contributed by atoms with Gasteiger partial charge in [0.1, 0.15) is 0 Å². The van der Waals surface area contributed by atoms with Crippen molar-refractivity contribution in [2.24, 2.45) is 0 Å². The van der Waals surface area contributed by atoms with Crippen molar-refractivity contribution in [1.29, 1.82) is 0 Å². The van der Waals surface area contributed by atoms with Gasteiger partial charge in [0.25, 0.3) is 0 Å². The lowest BCUT2D eigenvalue weighted by Crippen LogP contribution is -2.25. The van der Waals surface area contributed by atoms with E-state index in [4.69, 9.17) is 0 Å². The molecule has 0 bridgehead atoms. The van der Waals surface area contributed by atoms with Gasteiger partial charge in [-0.25, -0.2) is 0 Å². The first-order valence-electron chi connectivity index (χ1n) is 12.6. The molecule has 0 amide bonds. The van der Waals surface area contributed by atoms with Gasteiger partial charge in [-0.15, -0.1) is 11.3 Å². The van der Waals surface area contributed by atoms with Gasteiger partial charge in [0.2, 0.25) is 0 Å². The third kappa shape index (κ3) is 4.41. The predicted octanol–water partition coefficient (Wildman–Crippen LogP) is 9.08. The van der Waals surface area contributed by atoms with Crippen LogP contribution in [0.1, 0.15) is 54.4 Å². The summed E-state index contributed by atoms with van der Waals surface area (Å²) in [6.07, 6.45) is 6.86. The quantitative estimate of drug-likeness (QED) is 0.249. The van der Waals surface area contributed by atoms with Gasteiger partial charge < -0.3 is 0 Å². The Hall–Kier alpha value is -2.21. The summed E-state index contributed by atoms with van der Waals surface area (Å²) < 4.78 is 1.59. The summed E-state index contributed by atoms with van der Waals surface area (Å²) in [6.45, 7) is 9.13. The lowest BCUT2D eigenvalue weighted by molar-refractivity contribution is 0.513. The SMILES string of the molecule is Cc1cccc(C)c1-c1cccc(-c2c(C)cccc2C)c1P(c1cccs1)C1CCCCC1. The number of hydrogen-bond acceptors (Lipinski definition) is 1. The van der Waals surface area contributed by atoms with Crippen LogP contribution in [0.15, 0.2) is 72.1 Å². The highest BCUT2D eigenvalue weighted by Crippen LogP contribution is 2.52. The Bertz CT molecular complexity index is 1170. The third-order valence-electron chi connectivity index (χ3n) is 7.46. The molecule has 3 aromatic carbocycles. The zero-order chi connectivity index (χ0) is 23.7. The predicted molar refractivity (Wildman–Crippen MR) is 154 cm³/mol. The molecule has 2 heteroatoms. The number of hydrogen-bond donors (Lipinski definition) is 0. The van der Waals surface area contributed by atoms with E-state index in [0.29, 0.717) is 0 Å². The Labute approximate surface area is 210 Å². The van der Waals surface area contributed by atoms with Crippen molar-refractivity contribution in [3.63, 3.8) is 0 Å². The highest BCUT2D eigenvalue weighted by Gasteiger charge is 2.32. The van der Waals surface area contributed by atoms with Crippen LogP contribution in [-0.2, 0) is 0 Å². The molecule has 1 fully saturated rings. The summed E-state index contributed by atoms with van der Waals surface area (Å²) in [6, 6.07) is 25.3. The van der Waals surface area contributed by atoms with Crippen molar-refractivity contribution in [1.82, 2.24) is 0 Å². The second-order valence-corrected chi connectivity index (χ2v) is 13.5. The minimum Gasteiger partial charge on any atom is -0.144 e. The average molecular weight is 483 g/mol. The van der Waals surface area contributed by atoms with Gasteiger partial charge in [0.05, 0.1) is 0 Å². The van der Waals surface area contributed by atoms with Gasteiger partial charge in [0.15, 0.2) is 0 Å². The molecule has 1 aliphatic rings. The molecule has 0 nitrogen and oxygen atoms in total. The zero-order valence-electron chi connectivity index (χ0n) is 20.9. The molecule has 1 saturated carbocycles. The molecule has 5 rings (SSSR count). The number of thiophene rings is 1. The van der Waals surface area contributed by atoms with Gasteiger partial charge in [-0.3, -0.25) is 0 Å². The lowest BCUT2D eigenvalue weighted by atomic mass is 9.90. The summed E-state index contributed by atoms with van der Waals surface area (Å²) in [4.78, 5) is 0. The van der Waals surface area contributed by atoms with E-state index in [1.165, 1.54) is 76.6 Å². The summed E-state index contributed by atoms with van der Waals surface area (Å²) in [5.41, 5.74) is 12.1. The normalized spacial score (nSPS) is 15.4. The Morgan fingerprint density at radius 3 is 1.59 bits per heavy atom. The van der Waals surface area contributed by atoms with Crippen LogP contribution >= 0.6 is 19.3 Å². The standard InChI is InChI=1S/C32H35PS/c1-22-12-8-13-23(2)30(22)27-18-10-19-28(31-24(3)14-9-15-25(31)4)32(27)33(29-20-11-21-34-29)26-16-6-5-7-17-26/h8-15,18-21,26H,5-7,16-17H2,1-4H3. The topological polar surface area (TPSA) is 0 Å². The van der Waals surface area contributed by atoms with Crippen LogP contribution in [0.3, 0.4) is 0 Å². The summed E-state index contributed by atoms with van der Waals surface area (Å²) in [7, 11) is -0.452. The van der Waals surface area contributed by atoms with Gasteiger partial charge >= 0.3 is 0 Å². The van der Waals surface area contributed by atoms with Crippen LogP contribution < -0.4 is 9.92 Å². The highest BCUT2D eigenvalue weighted by molar-refractivity contribution is 7.78. The number of aryl methyl sites for hydroxylation is 4. The van der Waals surface area contributed by atoms with Gasteiger partial charge in [0, 0.05) is 4.62 Å². The summed E-state index contributed by atoms with van der Waals surface area (Å²) in [5.74, 6) is 0. The largest absolute Gasteiger partial charge is 0.144 e. The zero-order valence-corrected chi connectivity index (χ0v) is 22.6. The van der Waals surface area contributed by atoms with Crippen molar-refractivity contribution in [2.45, 2.75) is 65.5 Å². The van der Waals surface area contributed by atoms with E-state index in [2.05, 4.69) is 99.8 Å². The molecule has 0 radical (unpaired) electrons. The van der Waals surface area contributed by atoms with Crippen molar-refractivity contribution in [2.75, 3.05) is 0 Å². The molecule has 1 heterocycles. The second-order valence-electron chi connectivity index (χ2n) is 9.85. The molecule has 1 aromatic heterocycles. The van der Waals surface area contributed by atoms with Crippen LogP contribution in [0.25, 0.3) is 22.3 Å². The van der Waals surface area contributed by atoms with E-state index in [0.717, 1.165) is 5.66 Å². The molecule has 1 aliphatic carbocycles. The summed E-state index contributed by atoms with van der Waals surface area (Å²) >= 11 is 1.97. The van der Waals surface area contributed by atoms with Crippen LogP contribution in [0.4, 0.5) is 0 Å². The molecule has 4 aromatic rings. The monoisotopic (exact) mass is 482 g/mol. The van der Waals surface area contributed by atoms with E-state index in [1.54, 1.807) is 9.92 Å². The fourth-order valence-electron chi connectivity index (χ4n) is 5.90. The maximum Gasteiger partial charge on any atom is 0.0326 e. The Morgan fingerprint density at radius 1 is 0.618 bits per heavy atom. The van der Waals surface area contributed by atoms with Crippen molar-refractivity contribution < 1.29 is 0 Å². The maximum atomic E-state index is 2.42. The van der Waals surface area contributed by atoms with Crippen molar-refractivity contribution in [3.8, 4) is 22.3 Å². The molecule has 1 atom stereocenters. The smallest absolute Gasteiger partial charge is 0.0326 e. The van der Waals surface area contributed by atoms with Crippen LogP contribution in [-0.4, -0.2) is 5.66 Å². The molecule has 0 spiro atoms. The molecular formula is C32H35PS. The fourth-order valence-corrected chi connectivity index (χ4v) is 10.7. The molecule has 0 aliphatic heterocycles. The van der Waals surface area contributed by atoms with Crippen LogP contribution in [0, 0.1) is 27.7 Å². The fraction of sp³-hybridized carbons (Fsp3) is 0.312. The highest BCUT2D eigenvalue weighted by atomic mass is 32.1. The molecule has 174 valence electrons. The molecule has 1 unspecified atom stereocenters. The number of benzene rings is 3. The van der Waals surface area contributed by atoms with Crippen molar-refractivity contribution in [3.05, 3.63) is 94.4 Å². The van der Waals surface area contributed by atoms with Crippen LogP contribution in [0.5, 0.6) is 0 Å².